The van der Waals surface area contributed by atoms with Crippen molar-refractivity contribution in [1.82, 2.24) is 14.7 Å². The molecule has 2 heterocycles. The number of para-hydroxylation sites is 1. The molecular formula is C16H16N4O2. The summed E-state index contributed by atoms with van der Waals surface area (Å²) < 4.78 is 6.99. The smallest absolute Gasteiger partial charge is 0.258 e. The molecule has 0 bridgehead atoms. The number of aryl methyl sites for hydroxylation is 1. The minimum Gasteiger partial charge on any atom is -0.334 e. The predicted octanol–water partition coefficient (Wildman–Crippen LogP) is 1.93. The normalized spacial score (nSPS) is 16.6. The van der Waals surface area contributed by atoms with E-state index >= 15 is 0 Å². The van der Waals surface area contributed by atoms with Crippen molar-refractivity contribution in [3.63, 3.8) is 0 Å². The van der Waals surface area contributed by atoms with Gasteiger partial charge in [0.2, 0.25) is 0 Å². The lowest BCUT2D eigenvalue weighted by molar-refractivity contribution is 0.229. The summed E-state index contributed by atoms with van der Waals surface area (Å²) >= 11 is 0. The highest BCUT2D eigenvalue weighted by Gasteiger charge is 2.39. The molecule has 3 aromatic rings. The molecule has 2 aromatic heterocycles. The van der Waals surface area contributed by atoms with E-state index in [-0.39, 0.29) is 5.56 Å². The van der Waals surface area contributed by atoms with Crippen LogP contribution in [0, 0.1) is 0 Å². The van der Waals surface area contributed by atoms with Gasteiger partial charge in [0.25, 0.3) is 11.4 Å². The summed E-state index contributed by atoms with van der Waals surface area (Å²) in [6, 6.07) is 9.19. The molecule has 6 heteroatoms. The second-order valence-electron chi connectivity index (χ2n) is 5.91. The number of pyridine rings is 1. The second-order valence-corrected chi connectivity index (χ2v) is 5.91. The Kier molecular flexibility index (Phi) is 2.71. The molecule has 0 spiro atoms. The number of benzene rings is 1. The van der Waals surface area contributed by atoms with Crippen LogP contribution in [0.1, 0.15) is 25.1 Å². The average molecular weight is 296 g/mol. The van der Waals surface area contributed by atoms with Crippen LogP contribution in [0.3, 0.4) is 0 Å². The van der Waals surface area contributed by atoms with Crippen molar-refractivity contribution in [2.45, 2.75) is 24.8 Å². The summed E-state index contributed by atoms with van der Waals surface area (Å²) in [4.78, 5) is 16.6. The van der Waals surface area contributed by atoms with Crippen LogP contribution in [0.2, 0.25) is 0 Å². The minimum atomic E-state index is -0.475. The van der Waals surface area contributed by atoms with Crippen LogP contribution in [0.15, 0.2) is 39.6 Å². The quantitative estimate of drug-likeness (QED) is 0.780. The third-order valence-corrected chi connectivity index (χ3v) is 4.50. The molecule has 0 amide bonds. The lowest BCUT2D eigenvalue weighted by Crippen LogP contribution is -2.44. The summed E-state index contributed by atoms with van der Waals surface area (Å²) in [6.45, 7) is 0. The fourth-order valence-electron chi connectivity index (χ4n) is 2.90. The minimum absolute atomic E-state index is 0.112. The highest BCUT2D eigenvalue weighted by molar-refractivity contribution is 5.92. The number of nitrogens with zero attached hydrogens (tertiary/aromatic N) is 3. The maximum absolute atomic E-state index is 12.1. The molecule has 1 aromatic carbocycles. The fourth-order valence-corrected chi connectivity index (χ4v) is 2.90. The summed E-state index contributed by atoms with van der Waals surface area (Å²) in [5, 5.41) is 4.93. The van der Waals surface area contributed by atoms with Crippen LogP contribution in [-0.4, -0.2) is 14.7 Å². The van der Waals surface area contributed by atoms with Crippen molar-refractivity contribution in [3.8, 4) is 11.5 Å². The Labute approximate surface area is 126 Å². The number of hydrogen-bond donors (Lipinski definition) is 1. The Hall–Kier alpha value is -2.47. The second kappa shape index (κ2) is 4.51. The van der Waals surface area contributed by atoms with E-state index in [1.807, 2.05) is 24.3 Å². The van der Waals surface area contributed by atoms with Gasteiger partial charge in [0, 0.05) is 18.5 Å². The first-order valence-electron chi connectivity index (χ1n) is 7.31. The third-order valence-electron chi connectivity index (χ3n) is 4.50. The molecule has 0 saturated heterocycles. The maximum Gasteiger partial charge on any atom is 0.258 e. The third kappa shape index (κ3) is 1.80. The Bertz CT molecular complexity index is 921. The molecule has 112 valence electrons. The van der Waals surface area contributed by atoms with Crippen LogP contribution in [0.5, 0.6) is 0 Å². The number of aromatic nitrogens is 3. The molecule has 0 atom stereocenters. The Morgan fingerprint density at radius 3 is 2.82 bits per heavy atom. The number of hydrogen-bond acceptors (Lipinski definition) is 5. The van der Waals surface area contributed by atoms with Gasteiger partial charge in [-0.25, -0.2) is 0 Å². The monoisotopic (exact) mass is 296 g/mol. The standard InChI is InChI=1S/C16H16N4O2/c1-20-12-6-3-2-5-10(12)11(9-13(20)21)14-18-15(19-22-14)16(17)7-4-8-16/h2-3,5-6,9H,4,7-8,17H2,1H3. The van der Waals surface area contributed by atoms with Crippen molar-refractivity contribution >= 4 is 10.9 Å². The van der Waals surface area contributed by atoms with E-state index in [2.05, 4.69) is 10.1 Å². The van der Waals surface area contributed by atoms with Crippen molar-refractivity contribution < 1.29 is 4.52 Å². The van der Waals surface area contributed by atoms with Crippen molar-refractivity contribution in [2.75, 3.05) is 0 Å². The summed E-state index contributed by atoms with van der Waals surface area (Å²) in [6.07, 6.45) is 2.81. The molecular weight excluding hydrogens is 280 g/mol. The molecule has 2 N–H and O–H groups in total. The van der Waals surface area contributed by atoms with Crippen LogP contribution < -0.4 is 11.3 Å². The topological polar surface area (TPSA) is 86.9 Å². The first kappa shape index (κ1) is 13.2. The van der Waals surface area contributed by atoms with E-state index in [0.717, 1.165) is 30.2 Å². The molecule has 0 unspecified atom stereocenters. The highest BCUT2D eigenvalue weighted by Crippen LogP contribution is 2.38. The zero-order valence-electron chi connectivity index (χ0n) is 12.2. The van der Waals surface area contributed by atoms with E-state index in [1.165, 1.54) is 6.07 Å². The van der Waals surface area contributed by atoms with E-state index < -0.39 is 5.54 Å². The lowest BCUT2D eigenvalue weighted by Gasteiger charge is -2.34. The Morgan fingerprint density at radius 1 is 1.32 bits per heavy atom. The van der Waals surface area contributed by atoms with Gasteiger partial charge in [-0.1, -0.05) is 23.4 Å². The van der Waals surface area contributed by atoms with Crippen molar-refractivity contribution in [3.05, 3.63) is 46.5 Å². The molecule has 0 radical (unpaired) electrons. The molecule has 1 saturated carbocycles. The molecule has 1 fully saturated rings. The summed E-state index contributed by atoms with van der Waals surface area (Å²) in [5.74, 6) is 0.874. The van der Waals surface area contributed by atoms with Gasteiger partial charge in [0.05, 0.1) is 16.6 Å². The Balaban J connectivity index is 1.92. The van der Waals surface area contributed by atoms with Gasteiger partial charge in [-0.05, 0) is 25.3 Å². The molecule has 1 aliphatic carbocycles. The maximum atomic E-state index is 12.1. The van der Waals surface area contributed by atoms with Gasteiger partial charge in [0.15, 0.2) is 5.82 Å². The van der Waals surface area contributed by atoms with Gasteiger partial charge in [0.1, 0.15) is 0 Å². The zero-order valence-corrected chi connectivity index (χ0v) is 12.2. The van der Waals surface area contributed by atoms with Gasteiger partial charge in [-0.15, -0.1) is 0 Å². The summed E-state index contributed by atoms with van der Waals surface area (Å²) in [5.41, 5.74) is 7.13. The lowest BCUT2D eigenvalue weighted by atomic mass is 9.77. The van der Waals surface area contributed by atoms with Crippen LogP contribution in [0.25, 0.3) is 22.4 Å². The SMILES string of the molecule is Cn1c(=O)cc(-c2nc(C3(N)CCC3)no2)c2ccccc21. The zero-order chi connectivity index (χ0) is 15.3. The number of rotatable bonds is 2. The van der Waals surface area contributed by atoms with Gasteiger partial charge < -0.3 is 14.8 Å². The largest absolute Gasteiger partial charge is 0.334 e. The van der Waals surface area contributed by atoms with Gasteiger partial charge in [-0.2, -0.15) is 4.98 Å². The summed E-state index contributed by atoms with van der Waals surface area (Å²) in [7, 11) is 1.75. The molecule has 4 rings (SSSR count). The Morgan fingerprint density at radius 2 is 2.09 bits per heavy atom. The van der Waals surface area contributed by atoms with Crippen molar-refractivity contribution in [1.29, 1.82) is 0 Å². The predicted molar refractivity (Wildman–Crippen MR) is 82.2 cm³/mol. The van der Waals surface area contributed by atoms with E-state index in [1.54, 1.807) is 11.6 Å². The molecule has 6 nitrogen and oxygen atoms in total. The molecule has 22 heavy (non-hydrogen) atoms. The van der Waals surface area contributed by atoms with E-state index in [9.17, 15) is 4.79 Å². The van der Waals surface area contributed by atoms with E-state index in [0.29, 0.717) is 17.3 Å². The molecule has 0 aliphatic heterocycles. The number of nitrogens with two attached hydrogens (primary N) is 1. The van der Waals surface area contributed by atoms with E-state index in [4.69, 9.17) is 10.3 Å². The first-order chi connectivity index (χ1) is 10.6. The van der Waals surface area contributed by atoms with Crippen molar-refractivity contribution in [2.24, 2.45) is 12.8 Å². The highest BCUT2D eigenvalue weighted by atomic mass is 16.5. The van der Waals surface area contributed by atoms with Gasteiger partial charge in [-0.3, -0.25) is 4.79 Å². The molecule has 1 aliphatic rings. The van der Waals surface area contributed by atoms with Gasteiger partial charge >= 0.3 is 0 Å². The van der Waals surface area contributed by atoms with Crippen LogP contribution >= 0.6 is 0 Å². The first-order valence-corrected chi connectivity index (χ1v) is 7.31. The fraction of sp³-hybridized carbons (Fsp3) is 0.312. The number of fused-ring (bicyclic) bond motifs is 1. The average Bonchev–Trinajstić information content (AvgIpc) is 2.98. The van der Waals surface area contributed by atoms with Crippen LogP contribution in [0.4, 0.5) is 0 Å². The van der Waals surface area contributed by atoms with Crippen LogP contribution in [-0.2, 0) is 12.6 Å².